The van der Waals surface area contributed by atoms with Crippen LogP contribution in [0.5, 0.6) is 0 Å². The van der Waals surface area contributed by atoms with Gasteiger partial charge >= 0.3 is 0 Å². The van der Waals surface area contributed by atoms with Gasteiger partial charge in [-0.25, -0.2) is 0 Å². The monoisotopic (exact) mass is 444 g/mol. The highest BCUT2D eigenvalue weighted by Gasteiger charge is 2.13. The van der Waals surface area contributed by atoms with Gasteiger partial charge in [-0.1, -0.05) is 89.7 Å². The fourth-order valence-corrected chi connectivity index (χ4v) is 6.85. The van der Waals surface area contributed by atoms with Crippen LogP contribution in [0.15, 0.2) is 41.1 Å². The normalized spacial score (nSPS) is 11.3. The first kappa shape index (κ1) is 22.8. The van der Waals surface area contributed by atoms with Crippen molar-refractivity contribution in [3.05, 3.63) is 46.7 Å². The molecule has 3 rings (SSSR count). The van der Waals surface area contributed by atoms with Crippen LogP contribution in [0.2, 0.25) is 0 Å². The molecule has 0 aliphatic carbocycles. The smallest absolute Gasteiger partial charge is 0.0481 e. The topological polar surface area (TPSA) is 0 Å². The molecule has 3 heterocycles. The Morgan fingerprint density at radius 1 is 0.621 bits per heavy atom. The quantitative estimate of drug-likeness (QED) is 0.204. The summed E-state index contributed by atoms with van der Waals surface area (Å²) >= 11 is 5.71. The summed E-state index contributed by atoms with van der Waals surface area (Å²) in [4.78, 5) is 5.80. The van der Waals surface area contributed by atoms with Crippen LogP contribution in [0.3, 0.4) is 0 Å². The van der Waals surface area contributed by atoms with E-state index in [1.807, 2.05) is 34.0 Å². The van der Waals surface area contributed by atoms with Gasteiger partial charge in [0.05, 0.1) is 0 Å². The summed E-state index contributed by atoms with van der Waals surface area (Å²) in [5.74, 6) is 0. The highest BCUT2D eigenvalue weighted by molar-refractivity contribution is 7.26. The summed E-state index contributed by atoms with van der Waals surface area (Å²) in [5, 5.41) is 4.39. The van der Waals surface area contributed by atoms with Gasteiger partial charge in [0.2, 0.25) is 0 Å². The highest BCUT2D eigenvalue weighted by atomic mass is 32.1. The Morgan fingerprint density at radius 2 is 1.17 bits per heavy atom. The first-order valence-electron chi connectivity index (χ1n) is 11.6. The van der Waals surface area contributed by atoms with Crippen molar-refractivity contribution in [2.75, 3.05) is 0 Å². The maximum atomic E-state index is 2.46. The molecule has 0 aromatic carbocycles. The first-order valence-corrected chi connectivity index (χ1v) is 14.2. The van der Waals surface area contributed by atoms with Gasteiger partial charge in [-0.15, -0.1) is 34.0 Å². The van der Waals surface area contributed by atoms with E-state index in [0.717, 1.165) is 0 Å². The Morgan fingerprint density at radius 3 is 1.72 bits per heavy atom. The van der Waals surface area contributed by atoms with E-state index in [2.05, 4.69) is 48.0 Å². The Hall–Kier alpha value is -0.900. The third kappa shape index (κ3) is 7.70. The van der Waals surface area contributed by atoms with Crippen molar-refractivity contribution in [2.24, 2.45) is 0 Å². The van der Waals surface area contributed by atoms with Crippen LogP contribution >= 0.6 is 34.0 Å². The molecule has 0 bridgehead atoms. The second-order valence-electron chi connectivity index (χ2n) is 8.06. The third-order valence-corrected chi connectivity index (χ3v) is 8.91. The first-order chi connectivity index (χ1) is 14.4. The Balaban J connectivity index is 1.36. The van der Waals surface area contributed by atoms with Crippen molar-refractivity contribution in [3.8, 4) is 19.5 Å². The van der Waals surface area contributed by atoms with E-state index < -0.39 is 0 Å². The van der Waals surface area contributed by atoms with Gasteiger partial charge in [0.15, 0.2) is 0 Å². The molecule has 0 N–H and O–H groups in total. The van der Waals surface area contributed by atoms with Gasteiger partial charge in [-0.05, 0) is 47.4 Å². The summed E-state index contributed by atoms with van der Waals surface area (Å²) in [5.41, 5.74) is 1.56. The highest BCUT2D eigenvalue weighted by Crippen LogP contribution is 2.42. The summed E-state index contributed by atoms with van der Waals surface area (Å²) < 4.78 is 0. The van der Waals surface area contributed by atoms with Crippen LogP contribution in [0.25, 0.3) is 19.5 Å². The van der Waals surface area contributed by atoms with Crippen molar-refractivity contribution in [3.63, 3.8) is 0 Å². The molecular weight excluding hydrogens is 408 g/mol. The van der Waals surface area contributed by atoms with Gasteiger partial charge in [-0.3, -0.25) is 0 Å². The third-order valence-electron chi connectivity index (χ3n) is 5.62. The molecule has 3 heteroatoms. The minimum absolute atomic E-state index is 1.23. The van der Waals surface area contributed by atoms with Crippen molar-refractivity contribution >= 4 is 34.0 Å². The van der Waals surface area contributed by atoms with Crippen LogP contribution in [0.1, 0.15) is 89.5 Å². The van der Waals surface area contributed by atoms with Gasteiger partial charge in [0.1, 0.15) is 0 Å². The SMILES string of the molecule is CCCCCCCCCCCCCCc1cc(-c2cccs2)sc1-c1cccs1. The van der Waals surface area contributed by atoms with E-state index >= 15 is 0 Å². The number of hydrogen-bond donors (Lipinski definition) is 0. The fourth-order valence-electron chi connectivity index (χ4n) is 3.93. The van der Waals surface area contributed by atoms with Crippen LogP contribution in [-0.2, 0) is 6.42 Å². The molecule has 0 fully saturated rings. The molecular formula is C26H36S3. The summed E-state index contributed by atoms with van der Waals surface area (Å²) in [6, 6.07) is 11.3. The number of unbranched alkanes of at least 4 members (excludes halogenated alkanes) is 11. The van der Waals surface area contributed by atoms with E-state index in [-0.39, 0.29) is 0 Å². The number of thiophene rings is 3. The molecule has 0 amide bonds. The largest absolute Gasteiger partial charge is 0.143 e. The van der Waals surface area contributed by atoms with Crippen LogP contribution in [0, 0.1) is 0 Å². The molecule has 0 saturated carbocycles. The van der Waals surface area contributed by atoms with E-state index in [9.17, 15) is 0 Å². The standard InChI is InChI=1S/C26H36S3/c1-2-3-4-5-6-7-8-9-10-11-12-13-16-22-21-25(23-17-14-19-27-23)29-26(22)24-18-15-20-28-24/h14-15,17-21H,2-13,16H2,1H3. The number of aryl methyl sites for hydroxylation is 1. The van der Waals surface area contributed by atoms with Crippen LogP contribution in [0.4, 0.5) is 0 Å². The van der Waals surface area contributed by atoms with Crippen LogP contribution in [-0.4, -0.2) is 0 Å². The predicted octanol–water partition coefficient (Wildman–Crippen LogP) is 10.4. The van der Waals surface area contributed by atoms with Crippen molar-refractivity contribution in [1.82, 2.24) is 0 Å². The lowest BCUT2D eigenvalue weighted by atomic mass is 10.0. The van der Waals surface area contributed by atoms with E-state index in [1.165, 1.54) is 103 Å². The molecule has 158 valence electrons. The zero-order chi connectivity index (χ0) is 20.2. The summed E-state index contributed by atoms with van der Waals surface area (Å²) in [7, 11) is 0. The van der Waals surface area contributed by atoms with E-state index in [4.69, 9.17) is 0 Å². The number of rotatable bonds is 15. The molecule has 3 aromatic rings. The fraction of sp³-hybridized carbons (Fsp3) is 0.538. The molecule has 0 radical (unpaired) electrons. The van der Waals surface area contributed by atoms with Crippen molar-refractivity contribution in [2.45, 2.75) is 90.4 Å². The summed E-state index contributed by atoms with van der Waals surface area (Å²) in [6.45, 7) is 2.30. The lowest BCUT2D eigenvalue weighted by Gasteiger charge is -2.04. The minimum Gasteiger partial charge on any atom is -0.143 e. The molecule has 3 aromatic heterocycles. The van der Waals surface area contributed by atoms with Crippen molar-refractivity contribution < 1.29 is 0 Å². The van der Waals surface area contributed by atoms with Crippen LogP contribution < -0.4 is 0 Å². The van der Waals surface area contributed by atoms with Gasteiger partial charge in [-0.2, -0.15) is 0 Å². The maximum absolute atomic E-state index is 2.46. The molecule has 0 spiro atoms. The molecule has 0 aliphatic rings. The van der Waals surface area contributed by atoms with Gasteiger partial charge < -0.3 is 0 Å². The zero-order valence-electron chi connectivity index (χ0n) is 18.0. The maximum Gasteiger partial charge on any atom is 0.0481 e. The molecule has 29 heavy (non-hydrogen) atoms. The summed E-state index contributed by atoms with van der Waals surface area (Å²) in [6.07, 6.45) is 18.2. The molecule has 0 atom stereocenters. The molecule has 0 aliphatic heterocycles. The molecule has 0 nitrogen and oxygen atoms in total. The lowest BCUT2D eigenvalue weighted by molar-refractivity contribution is 0.544. The zero-order valence-corrected chi connectivity index (χ0v) is 20.4. The lowest BCUT2D eigenvalue weighted by Crippen LogP contribution is -1.86. The van der Waals surface area contributed by atoms with E-state index in [0.29, 0.717) is 0 Å². The number of hydrogen-bond acceptors (Lipinski definition) is 3. The average molecular weight is 445 g/mol. The van der Waals surface area contributed by atoms with Gasteiger partial charge in [0.25, 0.3) is 0 Å². The Labute approximate surface area is 190 Å². The van der Waals surface area contributed by atoms with E-state index in [1.54, 1.807) is 5.56 Å². The average Bonchev–Trinajstić information content (AvgIpc) is 3.49. The molecule has 0 saturated heterocycles. The van der Waals surface area contributed by atoms with Crippen molar-refractivity contribution in [1.29, 1.82) is 0 Å². The Kier molecular flexibility index (Phi) is 10.5. The molecule has 0 unspecified atom stereocenters. The Bertz CT molecular complexity index is 765. The minimum atomic E-state index is 1.23. The second kappa shape index (κ2) is 13.4. The predicted molar refractivity (Wildman–Crippen MR) is 136 cm³/mol. The second-order valence-corrected chi connectivity index (χ2v) is 11.0. The van der Waals surface area contributed by atoms with Gasteiger partial charge in [0, 0.05) is 19.5 Å².